The maximum Gasteiger partial charge on any atom is 0.325 e. The SMILES string of the molecule is O=C1C2C(c3cc4ccccc4o3)NC(Cc3ccccc3)(C(=O)O)C2C(=O)N1Cc1ccccc1. The van der Waals surface area contributed by atoms with Gasteiger partial charge >= 0.3 is 5.97 Å². The first-order valence-corrected chi connectivity index (χ1v) is 11.9. The number of aliphatic carboxylic acids is 1. The molecule has 3 heterocycles. The third-order valence-electron chi connectivity index (χ3n) is 7.39. The number of fused-ring (bicyclic) bond motifs is 2. The number of imide groups is 1. The minimum atomic E-state index is -1.67. The molecule has 4 aromatic rings. The van der Waals surface area contributed by atoms with Gasteiger partial charge in [-0.05, 0) is 23.3 Å². The zero-order chi connectivity index (χ0) is 24.9. The Morgan fingerprint density at radius 1 is 0.889 bits per heavy atom. The van der Waals surface area contributed by atoms with Crippen LogP contribution in [0, 0.1) is 11.8 Å². The molecule has 4 atom stereocenters. The first-order chi connectivity index (χ1) is 17.5. The molecule has 7 heteroatoms. The summed E-state index contributed by atoms with van der Waals surface area (Å²) in [6.07, 6.45) is 0.0548. The molecule has 2 aliphatic heterocycles. The predicted molar refractivity (Wildman–Crippen MR) is 132 cm³/mol. The molecule has 36 heavy (non-hydrogen) atoms. The van der Waals surface area contributed by atoms with E-state index in [2.05, 4.69) is 5.32 Å². The summed E-state index contributed by atoms with van der Waals surface area (Å²) in [6, 6.07) is 26.9. The number of furan rings is 1. The van der Waals surface area contributed by atoms with Gasteiger partial charge in [-0.25, -0.2) is 0 Å². The first-order valence-electron chi connectivity index (χ1n) is 11.9. The van der Waals surface area contributed by atoms with E-state index in [1.165, 1.54) is 4.90 Å². The van der Waals surface area contributed by atoms with Gasteiger partial charge in [0.25, 0.3) is 0 Å². The quantitative estimate of drug-likeness (QED) is 0.406. The van der Waals surface area contributed by atoms with Gasteiger partial charge in [-0.15, -0.1) is 0 Å². The molecule has 7 nitrogen and oxygen atoms in total. The number of para-hydroxylation sites is 1. The molecule has 2 saturated heterocycles. The van der Waals surface area contributed by atoms with Crippen LogP contribution in [0.1, 0.15) is 22.9 Å². The minimum Gasteiger partial charge on any atom is -0.480 e. The molecule has 2 fully saturated rings. The van der Waals surface area contributed by atoms with Gasteiger partial charge in [0, 0.05) is 11.8 Å². The summed E-state index contributed by atoms with van der Waals surface area (Å²) >= 11 is 0. The van der Waals surface area contributed by atoms with E-state index in [-0.39, 0.29) is 18.9 Å². The maximum atomic E-state index is 13.8. The number of carbonyl (C=O) groups is 3. The van der Waals surface area contributed by atoms with Crippen molar-refractivity contribution in [3.8, 4) is 0 Å². The number of nitrogens with one attached hydrogen (secondary N) is 1. The smallest absolute Gasteiger partial charge is 0.325 e. The van der Waals surface area contributed by atoms with E-state index in [0.29, 0.717) is 11.3 Å². The lowest BCUT2D eigenvalue weighted by molar-refractivity contribution is -0.151. The number of carboxylic acid groups (broad SMARTS) is 1. The Labute approximate surface area is 207 Å². The van der Waals surface area contributed by atoms with Crippen molar-refractivity contribution in [1.82, 2.24) is 10.2 Å². The molecule has 0 radical (unpaired) electrons. The second kappa shape index (κ2) is 8.46. The van der Waals surface area contributed by atoms with E-state index in [1.807, 2.05) is 91.0 Å². The van der Waals surface area contributed by atoms with Crippen LogP contribution in [-0.4, -0.2) is 33.3 Å². The topological polar surface area (TPSA) is 99.9 Å². The Morgan fingerprint density at radius 3 is 2.19 bits per heavy atom. The van der Waals surface area contributed by atoms with E-state index < -0.39 is 35.3 Å². The van der Waals surface area contributed by atoms with Crippen molar-refractivity contribution in [2.24, 2.45) is 11.8 Å². The van der Waals surface area contributed by atoms with Crippen LogP contribution in [0.25, 0.3) is 11.0 Å². The highest BCUT2D eigenvalue weighted by molar-refractivity contribution is 6.09. The number of nitrogens with zero attached hydrogens (tertiary/aromatic N) is 1. The summed E-state index contributed by atoms with van der Waals surface area (Å²) in [4.78, 5) is 41.8. The van der Waals surface area contributed by atoms with Crippen molar-refractivity contribution < 1.29 is 23.9 Å². The second-order valence-electron chi connectivity index (χ2n) is 9.50. The van der Waals surface area contributed by atoms with E-state index in [4.69, 9.17) is 4.42 Å². The fourth-order valence-electron chi connectivity index (χ4n) is 5.74. The number of carboxylic acids is 1. The zero-order valence-electron chi connectivity index (χ0n) is 19.3. The summed E-state index contributed by atoms with van der Waals surface area (Å²) in [5, 5.41) is 14.6. The van der Waals surface area contributed by atoms with Crippen molar-refractivity contribution in [3.05, 3.63) is 108 Å². The Morgan fingerprint density at radius 2 is 1.53 bits per heavy atom. The summed E-state index contributed by atoms with van der Waals surface area (Å²) in [7, 11) is 0. The molecular formula is C29H24N2O5. The van der Waals surface area contributed by atoms with Crippen LogP contribution in [0.5, 0.6) is 0 Å². The van der Waals surface area contributed by atoms with Gasteiger partial charge in [-0.3, -0.25) is 24.6 Å². The predicted octanol–water partition coefficient (Wildman–Crippen LogP) is 3.94. The van der Waals surface area contributed by atoms with Gasteiger partial charge in [0.2, 0.25) is 11.8 Å². The van der Waals surface area contributed by atoms with Gasteiger partial charge in [-0.2, -0.15) is 0 Å². The molecular weight excluding hydrogens is 456 g/mol. The number of carbonyl (C=O) groups excluding carboxylic acids is 2. The van der Waals surface area contributed by atoms with E-state index in [9.17, 15) is 19.5 Å². The van der Waals surface area contributed by atoms with Crippen LogP contribution in [0.2, 0.25) is 0 Å². The number of amides is 2. The van der Waals surface area contributed by atoms with Crippen LogP contribution in [0.4, 0.5) is 0 Å². The highest BCUT2D eigenvalue weighted by Gasteiger charge is 2.68. The van der Waals surface area contributed by atoms with Crippen molar-refractivity contribution in [1.29, 1.82) is 0 Å². The monoisotopic (exact) mass is 480 g/mol. The molecule has 0 aliphatic carbocycles. The normalized spacial score (nSPS) is 25.4. The molecule has 0 spiro atoms. The van der Waals surface area contributed by atoms with Crippen LogP contribution < -0.4 is 5.32 Å². The third-order valence-corrected chi connectivity index (χ3v) is 7.39. The molecule has 1 aromatic heterocycles. The first kappa shape index (κ1) is 22.2. The highest BCUT2D eigenvalue weighted by atomic mass is 16.4. The third kappa shape index (κ3) is 3.43. The highest BCUT2D eigenvalue weighted by Crippen LogP contribution is 2.51. The van der Waals surface area contributed by atoms with Crippen LogP contribution >= 0.6 is 0 Å². The lowest BCUT2D eigenvalue weighted by atomic mass is 9.76. The minimum absolute atomic E-state index is 0.0548. The fourth-order valence-corrected chi connectivity index (χ4v) is 5.74. The van der Waals surface area contributed by atoms with Gasteiger partial charge < -0.3 is 9.52 Å². The average Bonchev–Trinajstić information content (AvgIpc) is 3.54. The Bertz CT molecular complexity index is 1430. The lowest BCUT2D eigenvalue weighted by Gasteiger charge is -2.31. The van der Waals surface area contributed by atoms with Crippen molar-refractivity contribution in [2.75, 3.05) is 0 Å². The van der Waals surface area contributed by atoms with Gasteiger partial charge in [0.15, 0.2) is 0 Å². The molecule has 2 N–H and O–H groups in total. The van der Waals surface area contributed by atoms with Crippen molar-refractivity contribution in [2.45, 2.75) is 24.5 Å². The van der Waals surface area contributed by atoms with Crippen molar-refractivity contribution >= 4 is 28.8 Å². The van der Waals surface area contributed by atoms with E-state index in [0.717, 1.165) is 16.5 Å². The number of likely N-dealkylation sites (tertiary alicyclic amines) is 1. The summed E-state index contributed by atoms with van der Waals surface area (Å²) in [6.45, 7) is 0.0966. The molecule has 4 unspecified atom stereocenters. The van der Waals surface area contributed by atoms with Crippen LogP contribution in [0.3, 0.4) is 0 Å². The molecule has 180 valence electrons. The van der Waals surface area contributed by atoms with Gasteiger partial charge in [0.1, 0.15) is 16.9 Å². The van der Waals surface area contributed by atoms with Crippen LogP contribution in [0.15, 0.2) is 95.4 Å². The van der Waals surface area contributed by atoms with Gasteiger partial charge in [0.05, 0.1) is 24.4 Å². The summed E-state index contributed by atoms with van der Waals surface area (Å²) < 4.78 is 6.08. The largest absolute Gasteiger partial charge is 0.480 e. The molecule has 2 amide bonds. The Hall–Kier alpha value is -4.23. The standard InChI is InChI=1S/C29H24N2O5/c32-26-23-24(27(33)31(26)17-19-11-5-2-6-12-19)29(28(34)35,16-18-9-3-1-4-10-18)30-25(23)22-15-20-13-7-8-14-21(20)36-22/h1-15,23-25,30H,16-17H2,(H,34,35). The average molecular weight is 481 g/mol. The molecule has 2 aliphatic rings. The number of rotatable bonds is 6. The van der Waals surface area contributed by atoms with E-state index in [1.54, 1.807) is 0 Å². The maximum absolute atomic E-state index is 13.8. The fraction of sp³-hybridized carbons (Fsp3) is 0.207. The zero-order valence-corrected chi connectivity index (χ0v) is 19.3. The number of hydrogen-bond acceptors (Lipinski definition) is 5. The van der Waals surface area contributed by atoms with E-state index >= 15 is 0 Å². The lowest BCUT2D eigenvalue weighted by Crippen LogP contribution is -2.57. The Kier molecular flexibility index (Phi) is 5.23. The number of hydrogen-bond donors (Lipinski definition) is 2. The molecule has 3 aromatic carbocycles. The molecule has 0 saturated carbocycles. The van der Waals surface area contributed by atoms with Gasteiger partial charge in [-0.1, -0.05) is 78.9 Å². The Balaban J connectivity index is 1.47. The second-order valence-corrected chi connectivity index (χ2v) is 9.50. The van der Waals surface area contributed by atoms with Crippen LogP contribution in [-0.2, 0) is 27.3 Å². The van der Waals surface area contributed by atoms with Crippen molar-refractivity contribution in [3.63, 3.8) is 0 Å². The number of benzene rings is 3. The summed E-state index contributed by atoms with van der Waals surface area (Å²) in [5.41, 5.74) is 0.530. The molecule has 0 bridgehead atoms. The summed E-state index contributed by atoms with van der Waals surface area (Å²) in [5.74, 6) is -3.56. The molecule has 6 rings (SSSR count).